The van der Waals surface area contributed by atoms with Crippen LogP contribution in [-0.4, -0.2) is 78.5 Å². The lowest BCUT2D eigenvalue weighted by Crippen LogP contribution is -2.44. The Hall–Kier alpha value is -1.42. The van der Waals surface area contributed by atoms with Crippen LogP contribution in [0.4, 0.5) is 8.68 Å². The lowest BCUT2D eigenvalue weighted by Gasteiger charge is -2.27. The number of carbonyl (C=O) groups is 2. The minimum atomic E-state index is -4.66. The van der Waals surface area contributed by atoms with Crippen LogP contribution in [0, 0.1) is 5.92 Å². The van der Waals surface area contributed by atoms with Crippen LogP contribution in [0.3, 0.4) is 0 Å². The van der Waals surface area contributed by atoms with E-state index in [-0.39, 0.29) is 32.0 Å². The van der Waals surface area contributed by atoms with Crippen LogP contribution in [-0.2, 0) is 19.8 Å². The molecule has 0 spiro atoms. The highest BCUT2D eigenvalue weighted by molar-refractivity contribution is 7.86. The standard InChI is InChI=1S/C14H23FN2O6S/c1-14(2,3)23-13(20)16-6-10(11(18)7-16)17-5-9(4-12(17)19)8-24(15,21)22/h9-11,18H,4-8H2,1-3H3. The lowest BCUT2D eigenvalue weighted by molar-refractivity contribution is -0.131. The highest BCUT2D eigenvalue weighted by atomic mass is 32.3. The highest BCUT2D eigenvalue weighted by Gasteiger charge is 2.44. The minimum absolute atomic E-state index is 0.0233. The molecule has 2 saturated heterocycles. The molecule has 2 heterocycles. The molecule has 2 fully saturated rings. The molecule has 0 radical (unpaired) electrons. The number of hydrogen-bond acceptors (Lipinski definition) is 6. The average molecular weight is 366 g/mol. The second-order valence-electron chi connectivity index (χ2n) is 7.34. The molecule has 24 heavy (non-hydrogen) atoms. The van der Waals surface area contributed by atoms with Crippen LogP contribution in [0.1, 0.15) is 27.2 Å². The number of carbonyl (C=O) groups excluding carboxylic acids is 2. The monoisotopic (exact) mass is 366 g/mol. The van der Waals surface area contributed by atoms with E-state index < -0.39 is 45.7 Å². The number of aliphatic hydroxyl groups excluding tert-OH is 1. The van der Waals surface area contributed by atoms with Gasteiger partial charge in [0, 0.05) is 25.4 Å². The van der Waals surface area contributed by atoms with Crippen molar-refractivity contribution >= 4 is 22.2 Å². The van der Waals surface area contributed by atoms with E-state index in [9.17, 15) is 27.0 Å². The fourth-order valence-corrected chi connectivity index (χ4v) is 3.86. The van der Waals surface area contributed by atoms with Crippen LogP contribution in [0.5, 0.6) is 0 Å². The minimum Gasteiger partial charge on any atom is -0.444 e. The molecule has 1 N–H and O–H groups in total. The van der Waals surface area contributed by atoms with Crippen molar-refractivity contribution in [3.05, 3.63) is 0 Å². The lowest BCUT2D eigenvalue weighted by atomic mass is 10.1. The van der Waals surface area contributed by atoms with Gasteiger partial charge in [-0.3, -0.25) is 4.79 Å². The molecular formula is C14H23FN2O6S. The average Bonchev–Trinajstić information content (AvgIpc) is 2.88. The predicted molar refractivity (Wildman–Crippen MR) is 82.3 cm³/mol. The number of rotatable bonds is 3. The summed E-state index contributed by atoms with van der Waals surface area (Å²) in [6.07, 6.45) is -1.63. The molecule has 0 aromatic rings. The topological polar surface area (TPSA) is 104 Å². The molecule has 0 aliphatic carbocycles. The number of likely N-dealkylation sites (tertiary alicyclic amines) is 2. The number of nitrogens with zero attached hydrogens (tertiary/aromatic N) is 2. The van der Waals surface area contributed by atoms with E-state index in [0.29, 0.717) is 0 Å². The maximum atomic E-state index is 12.8. The zero-order valence-corrected chi connectivity index (χ0v) is 14.8. The third-order valence-electron chi connectivity index (χ3n) is 3.98. The van der Waals surface area contributed by atoms with Crippen molar-refractivity contribution in [2.24, 2.45) is 5.92 Å². The summed E-state index contributed by atoms with van der Waals surface area (Å²) in [7, 11) is -4.66. The quantitative estimate of drug-likeness (QED) is 0.711. The Morgan fingerprint density at radius 3 is 2.50 bits per heavy atom. The molecular weight excluding hydrogens is 343 g/mol. The Morgan fingerprint density at radius 2 is 1.96 bits per heavy atom. The van der Waals surface area contributed by atoms with Crippen molar-refractivity contribution < 1.29 is 31.7 Å². The number of β-amino-alcohol motifs (C(OH)–C–C–N with tert-alkyl or cyclic N) is 1. The van der Waals surface area contributed by atoms with Crippen LogP contribution in [0.2, 0.25) is 0 Å². The third-order valence-corrected chi connectivity index (χ3v) is 4.85. The van der Waals surface area contributed by atoms with Gasteiger partial charge in [0.05, 0.1) is 24.4 Å². The van der Waals surface area contributed by atoms with Gasteiger partial charge in [0.25, 0.3) is 0 Å². The normalized spacial score (nSPS) is 28.5. The van der Waals surface area contributed by atoms with Crippen molar-refractivity contribution in [3.8, 4) is 0 Å². The van der Waals surface area contributed by atoms with E-state index >= 15 is 0 Å². The number of hydrogen-bond donors (Lipinski definition) is 1. The molecule has 0 bridgehead atoms. The molecule has 0 aromatic heterocycles. The summed E-state index contributed by atoms with van der Waals surface area (Å²) in [5, 5.41) is 10.2. The first-order chi connectivity index (χ1) is 10.9. The summed E-state index contributed by atoms with van der Waals surface area (Å²) in [5.41, 5.74) is -0.676. The van der Waals surface area contributed by atoms with Gasteiger partial charge < -0.3 is 19.6 Å². The summed E-state index contributed by atoms with van der Waals surface area (Å²) < 4.78 is 39.5. The number of amides is 2. The summed E-state index contributed by atoms with van der Waals surface area (Å²) in [6, 6.07) is -0.641. The zero-order chi connectivity index (χ0) is 18.3. The third kappa shape index (κ3) is 4.79. The van der Waals surface area contributed by atoms with Gasteiger partial charge in [-0.15, -0.1) is 3.89 Å². The van der Waals surface area contributed by atoms with Gasteiger partial charge in [-0.25, -0.2) is 4.79 Å². The first kappa shape index (κ1) is 18.9. The van der Waals surface area contributed by atoms with Crippen molar-refractivity contribution in [2.45, 2.75) is 44.9 Å². The van der Waals surface area contributed by atoms with Crippen LogP contribution in [0.25, 0.3) is 0 Å². The summed E-state index contributed by atoms with van der Waals surface area (Å²) in [4.78, 5) is 26.8. The largest absolute Gasteiger partial charge is 0.444 e. The Balaban J connectivity index is 2.00. The molecule has 3 unspecified atom stereocenters. The second kappa shape index (κ2) is 6.47. The Labute approximate surface area is 140 Å². The van der Waals surface area contributed by atoms with Crippen molar-refractivity contribution in [3.63, 3.8) is 0 Å². The van der Waals surface area contributed by atoms with Gasteiger partial charge in [-0.1, -0.05) is 0 Å². The Bertz CT molecular complexity index is 617. The molecule has 2 aliphatic heterocycles. The van der Waals surface area contributed by atoms with Gasteiger partial charge in [0.1, 0.15) is 5.60 Å². The first-order valence-corrected chi connectivity index (χ1v) is 9.29. The van der Waals surface area contributed by atoms with E-state index in [1.54, 1.807) is 20.8 Å². The zero-order valence-electron chi connectivity index (χ0n) is 13.9. The smallest absolute Gasteiger partial charge is 0.410 e. The number of halogens is 1. The predicted octanol–water partition coefficient (Wildman–Crippen LogP) is 0.114. The van der Waals surface area contributed by atoms with Crippen LogP contribution >= 0.6 is 0 Å². The van der Waals surface area contributed by atoms with Gasteiger partial charge >= 0.3 is 16.3 Å². The molecule has 0 aromatic carbocycles. The fourth-order valence-electron chi connectivity index (χ4n) is 3.07. The Morgan fingerprint density at radius 1 is 1.33 bits per heavy atom. The molecule has 2 amide bonds. The molecule has 8 nitrogen and oxygen atoms in total. The van der Waals surface area contributed by atoms with E-state index in [4.69, 9.17) is 4.74 Å². The van der Waals surface area contributed by atoms with Crippen LogP contribution < -0.4 is 0 Å². The SMILES string of the molecule is CC(C)(C)OC(=O)N1CC(O)C(N2CC(CS(=O)(=O)F)CC2=O)C1. The molecule has 10 heteroatoms. The molecule has 3 atom stereocenters. The van der Waals surface area contributed by atoms with Crippen molar-refractivity contribution in [1.29, 1.82) is 0 Å². The summed E-state index contributed by atoms with van der Waals surface area (Å²) >= 11 is 0. The molecule has 138 valence electrons. The second-order valence-corrected chi connectivity index (χ2v) is 8.75. The van der Waals surface area contributed by atoms with Gasteiger partial charge in [-0.2, -0.15) is 8.42 Å². The van der Waals surface area contributed by atoms with E-state index in [1.165, 1.54) is 9.80 Å². The number of ether oxygens (including phenoxy) is 1. The van der Waals surface area contributed by atoms with Crippen molar-refractivity contribution in [2.75, 3.05) is 25.4 Å². The molecule has 2 aliphatic rings. The first-order valence-electron chi connectivity index (χ1n) is 7.73. The van der Waals surface area contributed by atoms with Gasteiger partial charge in [-0.05, 0) is 20.8 Å². The summed E-state index contributed by atoms with van der Waals surface area (Å²) in [5.74, 6) is -1.71. The molecule has 0 saturated carbocycles. The summed E-state index contributed by atoms with van der Waals surface area (Å²) in [6.45, 7) is 5.33. The highest BCUT2D eigenvalue weighted by Crippen LogP contribution is 2.27. The van der Waals surface area contributed by atoms with Gasteiger partial charge in [0.15, 0.2) is 0 Å². The van der Waals surface area contributed by atoms with Gasteiger partial charge in [0.2, 0.25) is 5.91 Å². The van der Waals surface area contributed by atoms with E-state index in [2.05, 4.69) is 0 Å². The maximum absolute atomic E-state index is 12.8. The maximum Gasteiger partial charge on any atom is 0.410 e. The number of aliphatic hydroxyl groups is 1. The van der Waals surface area contributed by atoms with E-state index in [1.807, 2.05) is 0 Å². The molecule has 2 rings (SSSR count). The Kier molecular flexibility index (Phi) is 5.10. The van der Waals surface area contributed by atoms with Crippen LogP contribution in [0.15, 0.2) is 0 Å². The fraction of sp³-hybridized carbons (Fsp3) is 0.857. The van der Waals surface area contributed by atoms with E-state index in [0.717, 1.165) is 0 Å². The van der Waals surface area contributed by atoms with Crippen molar-refractivity contribution in [1.82, 2.24) is 9.80 Å².